The molecule has 0 fully saturated rings. The van der Waals surface area contributed by atoms with Gasteiger partial charge < -0.3 is 5.11 Å². The van der Waals surface area contributed by atoms with Crippen LogP contribution in [0.25, 0.3) is 5.69 Å². The van der Waals surface area contributed by atoms with E-state index in [0.29, 0.717) is 11.4 Å². The van der Waals surface area contributed by atoms with Crippen LogP contribution in [0.1, 0.15) is 36.7 Å². The number of unbranched alkanes of at least 4 members (excludes halogenated alkanes) is 1. The first-order valence-corrected chi connectivity index (χ1v) is 6.48. The fraction of sp³-hybridized carbons (Fsp3) is 0.400. The zero-order valence-electron chi connectivity index (χ0n) is 11.3. The SMILES string of the molecule is CCCCc1c(O)c(C)nn1-c1ccccc1C. The van der Waals surface area contributed by atoms with E-state index >= 15 is 0 Å². The number of hydrogen-bond donors (Lipinski definition) is 1. The Labute approximate surface area is 108 Å². The summed E-state index contributed by atoms with van der Waals surface area (Å²) in [7, 11) is 0. The zero-order chi connectivity index (χ0) is 13.1. The smallest absolute Gasteiger partial charge is 0.160 e. The van der Waals surface area contributed by atoms with Crippen LogP contribution >= 0.6 is 0 Å². The molecule has 96 valence electrons. The lowest BCUT2D eigenvalue weighted by Crippen LogP contribution is -2.04. The minimum absolute atomic E-state index is 0.340. The van der Waals surface area contributed by atoms with Gasteiger partial charge in [0.2, 0.25) is 0 Å². The van der Waals surface area contributed by atoms with Crippen LogP contribution in [-0.2, 0) is 6.42 Å². The van der Waals surface area contributed by atoms with Crippen LogP contribution in [0.15, 0.2) is 24.3 Å². The van der Waals surface area contributed by atoms with Crippen molar-refractivity contribution in [2.45, 2.75) is 40.0 Å². The highest BCUT2D eigenvalue weighted by atomic mass is 16.3. The zero-order valence-corrected chi connectivity index (χ0v) is 11.3. The Balaban J connectivity index is 2.50. The summed E-state index contributed by atoms with van der Waals surface area (Å²) in [6.45, 7) is 6.06. The van der Waals surface area contributed by atoms with Crippen molar-refractivity contribution in [1.29, 1.82) is 0 Å². The Kier molecular flexibility index (Phi) is 3.70. The Hall–Kier alpha value is -1.77. The molecule has 0 spiro atoms. The molecule has 0 radical (unpaired) electrons. The van der Waals surface area contributed by atoms with Crippen LogP contribution in [0.3, 0.4) is 0 Å². The Morgan fingerprint density at radius 2 is 1.94 bits per heavy atom. The van der Waals surface area contributed by atoms with E-state index in [0.717, 1.165) is 36.2 Å². The number of aryl methyl sites for hydroxylation is 2. The summed E-state index contributed by atoms with van der Waals surface area (Å²) in [6.07, 6.45) is 3.03. The van der Waals surface area contributed by atoms with Crippen LogP contribution in [0.4, 0.5) is 0 Å². The largest absolute Gasteiger partial charge is 0.504 e. The Bertz CT molecular complexity index is 543. The highest BCUT2D eigenvalue weighted by Gasteiger charge is 2.15. The van der Waals surface area contributed by atoms with Gasteiger partial charge in [0.05, 0.1) is 11.4 Å². The van der Waals surface area contributed by atoms with E-state index in [-0.39, 0.29) is 0 Å². The lowest BCUT2D eigenvalue weighted by molar-refractivity contribution is 0.462. The van der Waals surface area contributed by atoms with Gasteiger partial charge in [0.1, 0.15) is 5.69 Å². The number of nitrogens with zero attached hydrogens (tertiary/aromatic N) is 2. The second kappa shape index (κ2) is 5.25. The van der Waals surface area contributed by atoms with E-state index in [1.165, 1.54) is 0 Å². The van der Waals surface area contributed by atoms with Crippen molar-refractivity contribution in [3.8, 4) is 11.4 Å². The Morgan fingerprint density at radius 1 is 1.22 bits per heavy atom. The van der Waals surface area contributed by atoms with E-state index in [1.807, 2.05) is 29.8 Å². The van der Waals surface area contributed by atoms with E-state index in [2.05, 4.69) is 25.0 Å². The van der Waals surface area contributed by atoms with Crippen molar-refractivity contribution in [2.75, 3.05) is 0 Å². The van der Waals surface area contributed by atoms with Crippen molar-refractivity contribution in [3.05, 3.63) is 41.2 Å². The van der Waals surface area contributed by atoms with Crippen LogP contribution in [0, 0.1) is 13.8 Å². The van der Waals surface area contributed by atoms with E-state index in [1.54, 1.807) is 0 Å². The second-order valence-corrected chi connectivity index (χ2v) is 4.68. The maximum Gasteiger partial charge on any atom is 0.160 e. The van der Waals surface area contributed by atoms with Gasteiger partial charge in [-0.25, -0.2) is 4.68 Å². The first-order chi connectivity index (χ1) is 8.65. The fourth-order valence-corrected chi connectivity index (χ4v) is 2.14. The summed E-state index contributed by atoms with van der Waals surface area (Å²) in [5, 5.41) is 14.6. The molecule has 0 amide bonds. The molecule has 2 rings (SSSR count). The first-order valence-electron chi connectivity index (χ1n) is 6.48. The molecule has 0 unspecified atom stereocenters. The molecule has 0 aliphatic rings. The predicted molar refractivity (Wildman–Crippen MR) is 73.3 cm³/mol. The molecule has 0 atom stereocenters. The number of rotatable bonds is 4. The Morgan fingerprint density at radius 3 is 2.61 bits per heavy atom. The van der Waals surface area contributed by atoms with Gasteiger partial charge in [-0.3, -0.25) is 0 Å². The van der Waals surface area contributed by atoms with Gasteiger partial charge in [0.25, 0.3) is 0 Å². The predicted octanol–water partition coefficient (Wildman–Crippen LogP) is 3.54. The summed E-state index contributed by atoms with van der Waals surface area (Å²) < 4.78 is 1.88. The van der Waals surface area contributed by atoms with E-state index < -0.39 is 0 Å². The molecule has 0 saturated heterocycles. The average molecular weight is 244 g/mol. The molecule has 18 heavy (non-hydrogen) atoms. The third-order valence-corrected chi connectivity index (χ3v) is 3.23. The summed E-state index contributed by atoms with van der Waals surface area (Å²) in [5.41, 5.74) is 3.83. The molecule has 1 heterocycles. The molecular weight excluding hydrogens is 224 g/mol. The summed E-state index contributed by atoms with van der Waals surface area (Å²) in [4.78, 5) is 0. The number of para-hydroxylation sites is 1. The van der Waals surface area contributed by atoms with Gasteiger partial charge in [0.15, 0.2) is 5.75 Å². The molecule has 2 aromatic rings. The van der Waals surface area contributed by atoms with Gasteiger partial charge in [-0.05, 0) is 38.3 Å². The average Bonchev–Trinajstić information content (AvgIpc) is 2.64. The molecule has 1 N–H and O–H groups in total. The second-order valence-electron chi connectivity index (χ2n) is 4.68. The van der Waals surface area contributed by atoms with Crippen molar-refractivity contribution < 1.29 is 5.11 Å². The van der Waals surface area contributed by atoms with E-state index in [9.17, 15) is 5.11 Å². The summed E-state index contributed by atoms with van der Waals surface area (Å²) >= 11 is 0. The quantitative estimate of drug-likeness (QED) is 0.893. The standard InChI is InChI=1S/C15H20N2O/c1-4-5-9-14-15(18)12(3)16-17(14)13-10-7-6-8-11(13)2/h6-8,10,18H,4-5,9H2,1-3H3. The normalized spacial score (nSPS) is 10.8. The van der Waals surface area contributed by atoms with Crippen LogP contribution < -0.4 is 0 Å². The van der Waals surface area contributed by atoms with Gasteiger partial charge in [-0.1, -0.05) is 31.5 Å². The minimum Gasteiger partial charge on any atom is -0.504 e. The summed E-state index contributed by atoms with van der Waals surface area (Å²) in [6, 6.07) is 8.12. The highest BCUT2D eigenvalue weighted by Crippen LogP contribution is 2.27. The van der Waals surface area contributed by atoms with Crippen LogP contribution in [0.2, 0.25) is 0 Å². The third kappa shape index (κ3) is 2.26. The van der Waals surface area contributed by atoms with Gasteiger partial charge in [0, 0.05) is 0 Å². The number of hydrogen-bond acceptors (Lipinski definition) is 2. The molecule has 0 bridgehead atoms. The monoisotopic (exact) mass is 244 g/mol. The minimum atomic E-state index is 0.340. The van der Waals surface area contributed by atoms with Crippen LogP contribution in [0.5, 0.6) is 5.75 Å². The maximum absolute atomic E-state index is 10.1. The topological polar surface area (TPSA) is 38.1 Å². The van der Waals surface area contributed by atoms with Crippen molar-refractivity contribution in [2.24, 2.45) is 0 Å². The molecule has 3 nitrogen and oxygen atoms in total. The first kappa shape index (κ1) is 12.7. The molecule has 3 heteroatoms. The number of benzene rings is 1. The van der Waals surface area contributed by atoms with Crippen molar-refractivity contribution in [3.63, 3.8) is 0 Å². The molecular formula is C15H20N2O. The summed E-state index contributed by atoms with van der Waals surface area (Å²) in [5.74, 6) is 0.340. The molecule has 1 aromatic carbocycles. The van der Waals surface area contributed by atoms with Gasteiger partial charge in [-0.2, -0.15) is 5.10 Å². The fourth-order valence-electron chi connectivity index (χ4n) is 2.14. The molecule has 0 saturated carbocycles. The maximum atomic E-state index is 10.1. The lowest BCUT2D eigenvalue weighted by atomic mass is 10.1. The van der Waals surface area contributed by atoms with Crippen molar-refractivity contribution in [1.82, 2.24) is 9.78 Å². The van der Waals surface area contributed by atoms with Crippen molar-refractivity contribution >= 4 is 0 Å². The lowest BCUT2D eigenvalue weighted by Gasteiger charge is -2.09. The van der Waals surface area contributed by atoms with E-state index in [4.69, 9.17) is 0 Å². The number of aromatic nitrogens is 2. The number of aromatic hydroxyl groups is 1. The highest BCUT2D eigenvalue weighted by molar-refractivity contribution is 5.44. The molecule has 1 aromatic heterocycles. The third-order valence-electron chi connectivity index (χ3n) is 3.23. The van der Waals surface area contributed by atoms with Gasteiger partial charge in [-0.15, -0.1) is 0 Å². The molecule has 0 aliphatic carbocycles. The van der Waals surface area contributed by atoms with Gasteiger partial charge >= 0.3 is 0 Å². The van der Waals surface area contributed by atoms with Crippen LogP contribution in [-0.4, -0.2) is 14.9 Å². The molecule has 0 aliphatic heterocycles.